The van der Waals surface area contributed by atoms with Crippen LogP contribution in [0, 0.1) is 0 Å². The van der Waals surface area contributed by atoms with Gasteiger partial charge in [-0.05, 0) is 18.2 Å². The van der Waals surface area contributed by atoms with Crippen LogP contribution in [0.1, 0.15) is 12.0 Å². The second-order valence-corrected chi connectivity index (χ2v) is 4.41. The number of amides is 1. The van der Waals surface area contributed by atoms with Crippen molar-refractivity contribution in [2.24, 2.45) is 0 Å². The van der Waals surface area contributed by atoms with Crippen molar-refractivity contribution >= 4 is 11.6 Å². The van der Waals surface area contributed by atoms with Gasteiger partial charge in [0.05, 0.1) is 11.3 Å². The molecule has 1 aromatic rings. The molecule has 104 valence electrons. The van der Waals surface area contributed by atoms with E-state index >= 15 is 0 Å². The maximum atomic E-state index is 12.5. The normalized spacial score (nSPS) is 19.9. The number of carbonyl (C=O) groups excluding carboxylic acids is 1. The van der Waals surface area contributed by atoms with Gasteiger partial charge in [0.25, 0.3) is 5.91 Å². The topological polar surface area (TPSA) is 55.6 Å². The number of hydrogen-bond donors (Lipinski definition) is 1. The second kappa shape index (κ2) is 4.64. The van der Waals surface area contributed by atoms with E-state index in [1.165, 1.54) is 4.90 Å². The lowest BCUT2D eigenvalue weighted by Crippen LogP contribution is -2.29. The molecule has 0 saturated carbocycles. The Balaban J connectivity index is 2.16. The van der Waals surface area contributed by atoms with Crippen molar-refractivity contribution in [3.8, 4) is 5.75 Å². The maximum absolute atomic E-state index is 12.5. The average molecular weight is 274 g/mol. The quantitative estimate of drug-likeness (QED) is 0.838. The van der Waals surface area contributed by atoms with Crippen molar-refractivity contribution < 1.29 is 22.7 Å². The predicted octanol–water partition coefficient (Wildman–Crippen LogP) is 1.90. The van der Waals surface area contributed by atoms with Crippen molar-refractivity contribution in [3.05, 3.63) is 23.8 Å². The van der Waals surface area contributed by atoms with Gasteiger partial charge in [0.2, 0.25) is 0 Å². The molecule has 0 aromatic heterocycles. The molecule has 1 amide bonds. The van der Waals surface area contributed by atoms with E-state index in [4.69, 9.17) is 10.5 Å². The van der Waals surface area contributed by atoms with E-state index in [2.05, 4.69) is 0 Å². The SMILES string of the molecule is CN1CCC(Oc2ccc(C(F)(F)F)cc2N)C1=O. The molecule has 0 radical (unpaired) electrons. The van der Waals surface area contributed by atoms with Crippen LogP contribution in [0.15, 0.2) is 18.2 Å². The van der Waals surface area contributed by atoms with E-state index in [-0.39, 0.29) is 17.3 Å². The van der Waals surface area contributed by atoms with Gasteiger partial charge in [-0.2, -0.15) is 13.2 Å². The van der Waals surface area contributed by atoms with E-state index in [1.54, 1.807) is 7.05 Å². The molecule has 1 unspecified atom stereocenters. The molecule has 2 rings (SSSR count). The van der Waals surface area contributed by atoms with Gasteiger partial charge in [0, 0.05) is 20.0 Å². The van der Waals surface area contributed by atoms with E-state index in [0.717, 1.165) is 18.2 Å². The van der Waals surface area contributed by atoms with E-state index in [9.17, 15) is 18.0 Å². The molecule has 1 aliphatic rings. The highest BCUT2D eigenvalue weighted by Gasteiger charge is 2.33. The third kappa shape index (κ3) is 2.74. The molecular weight excluding hydrogens is 261 g/mol. The van der Waals surface area contributed by atoms with Crippen LogP contribution in [0.5, 0.6) is 5.75 Å². The van der Waals surface area contributed by atoms with Crippen LogP contribution in [0.2, 0.25) is 0 Å². The number of anilines is 1. The standard InChI is InChI=1S/C12H13F3N2O2/c1-17-5-4-10(11(17)18)19-9-3-2-7(6-8(9)16)12(13,14)15/h2-3,6,10H,4-5,16H2,1H3. The molecule has 4 nitrogen and oxygen atoms in total. The molecule has 1 fully saturated rings. The highest BCUT2D eigenvalue weighted by Crippen LogP contribution is 2.34. The number of nitrogens with two attached hydrogens (primary N) is 1. The maximum Gasteiger partial charge on any atom is 0.416 e. The third-order valence-electron chi connectivity index (χ3n) is 2.98. The Morgan fingerprint density at radius 1 is 1.42 bits per heavy atom. The Hall–Kier alpha value is -1.92. The lowest BCUT2D eigenvalue weighted by molar-refractivity contribution is -0.137. The summed E-state index contributed by atoms with van der Waals surface area (Å²) in [5, 5.41) is 0. The summed E-state index contributed by atoms with van der Waals surface area (Å²) in [6.45, 7) is 0.560. The van der Waals surface area contributed by atoms with Crippen molar-refractivity contribution in [2.75, 3.05) is 19.3 Å². The monoisotopic (exact) mass is 274 g/mol. The molecule has 1 heterocycles. The third-order valence-corrected chi connectivity index (χ3v) is 2.98. The minimum atomic E-state index is -4.45. The van der Waals surface area contributed by atoms with Crippen molar-refractivity contribution in [2.45, 2.75) is 18.7 Å². The van der Waals surface area contributed by atoms with E-state index < -0.39 is 17.8 Å². The number of likely N-dealkylation sites (N-methyl/N-ethyl adjacent to an activating group) is 1. The van der Waals surface area contributed by atoms with Crippen molar-refractivity contribution in [3.63, 3.8) is 0 Å². The number of nitrogens with zero attached hydrogens (tertiary/aromatic N) is 1. The minimum Gasteiger partial charge on any atom is -0.478 e. The van der Waals surface area contributed by atoms with Gasteiger partial charge >= 0.3 is 6.18 Å². The molecule has 1 aliphatic heterocycles. The first-order valence-corrected chi connectivity index (χ1v) is 5.67. The van der Waals surface area contributed by atoms with Gasteiger partial charge in [-0.3, -0.25) is 4.79 Å². The fourth-order valence-electron chi connectivity index (χ4n) is 1.89. The second-order valence-electron chi connectivity index (χ2n) is 4.41. The lowest BCUT2D eigenvalue weighted by atomic mass is 10.2. The fraction of sp³-hybridized carbons (Fsp3) is 0.417. The number of carbonyl (C=O) groups is 1. The highest BCUT2D eigenvalue weighted by molar-refractivity contribution is 5.83. The van der Waals surface area contributed by atoms with Gasteiger partial charge < -0.3 is 15.4 Å². The van der Waals surface area contributed by atoms with Crippen LogP contribution >= 0.6 is 0 Å². The van der Waals surface area contributed by atoms with E-state index in [1.807, 2.05) is 0 Å². The Kier molecular flexibility index (Phi) is 3.30. The number of benzene rings is 1. The molecule has 1 atom stereocenters. The molecular formula is C12H13F3N2O2. The fourth-order valence-corrected chi connectivity index (χ4v) is 1.89. The first-order valence-electron chi connectivity index (χ1n) is 5.67. The van der Waals surface area contributed by atoms with Crippen LogP contribution in [-0.4, -0.2) is 30.5 Å². The van der Waals surface area contributed by atoms with Crippen LogP contribution in [0.4, 0.5) is 18.9 Å². The molecule has 0 bridgehead atoms. The number of likely N-dealkylation sites (tertiary alicyclic amines) is 1. The largest absolute Gasteiger partial charge is 0.478 e. The summed E-state index contributed by atoms with van der Waals surface area (Å²) in [6, 6.07) is 2.83. The van der Waals surface area contributed by atoms with E-state index in [0.29, 0.717) is 13.0 Å². The smallest absolute Gasteiger partial charge is 0.416 e. The molecule has 19 heavy (non-hydrogen) atoms. The van der Waals surface area contributed by atoms with Gasteiger partial charge in [-0.15, -0.1) is 0 Å². The Labute approximate surface area is 107 Å². The van der Waals surface area contributed by atoms with Crippen LogP contribution in [0.25, 0.3) is 0 Å². The number of halogens is 3. The van der Waals surface area contributed by atoms with Crippen LogP contribution in [-0.2, 0) is 11.0 Å². The zero-order valence-corrected chi connectivity index (χ0v) is 10.2. The summed E-state index contributed by atoms with van der Waals surface area (Å²) in [5.74, 6) is -0.0963. The Bertz CT molecular complexity index is 502. The molecule has 0 spiro atoms. The summed E-state index contributed by atoms with van der Waals surface area (Å²) >= 11 is 0. The first-order chi connectivity index (χ1) is 8.79. The van der Waals surface area contributed by atoms with Crippen LogP contribution in [0.3, 0.4) is 0 Å². The lowest BCUT2D eigenvalue weighted by Gasteiger charge is -2.15. The van der Waals surface area contributed by atoms with Gasteiger partial charge in [0.15, 0.2) is 6.10 Å². The first kappa shape index (κ1) is 13.5. The van der Waals surface area contributed by atoms with Crippen LogP contribution < -0.4 is 10.5 Å². The predicted molar refractivity (Wildman–Crippen MR) is 62.5 cm³/mol. The molecule has 0 aliphatic carbocycles. The molecule has 1 aromatic carbocycles. The number of nitrogen functional groups attached to an aromatic ring is 1. The Morgan fingerprint density at radius 3 is 2.58 bits per heavy atom. The summed E-state index contributed by atoms with van der Waals surface area (Å²) in [5.41, 5.74) is 4.56. The van der Waals surface area contributed by atoms with Gasteiger partial charge in [-0.1, -0.05) is 0 Å². The number of rotatable bonds is 2. The van der Waals surface area contributed by atoms with Crippen molar-refractivity contribution in [1.29, 1.82) is 0 Å². The van der Waals surface area contributed by atoms with Crippen molar-refractivity contribution in [1.82, 2.24) is 4.90 Å². The Morgan fingerprint density at radius 2 is 2.11 bits per heavy atom. The molecule has 7 heteroatoms. The summed E-state index contributed by atoms with van der Waals surface area (Å²) in [4.78, 5) is 13.1. The minimum absolute atomic E-state index is 0.0988. The summed E-state index contributed by atoms with van der Waals surface area (Å²) in [6.07, 6.45) is -4.63. The molecule has 1 saturated heterocycles. The number of alkyl halides is 3. The highest BCUT2D eigenvalue weighted by atomic mass is 19.4. The summed E-state index contributed by atoms with van der Waals surface area (Å²) < 4.78 is 42.8. The average Bonchev–Trinajstić information content (AvgIpc) is 2.62. The number of hydrogen-bond acceptors (Lipinski definition) is 3. The zero-order valence-electron chi connectivity index (χ0n) is 10.2. The van der Waals surface area contributed by atoms with Gasteiger partial charge in [0.1, 0.15) is 5.75 Å². The summed E-state index contributed by atoms with van der Waals surface area (Å²) in [7, 11) is 1.64. The van der Waals surface area contributed by atoms with Gasteiger partial charge in [-0.25, -0.2) is 0 Å². The zero-order chi connectivity index (χ0) is 14.2. The number of ether oxygens (including phenoxy) is 1. The molecule has 2 N–H and O–H groups in total.